The van der Waals surface area contributed by atoms with Gasteiger partial charge in [-0.15, -0.1) is 0 Å². The first kappa shape index (κ1) is 27.3. The molecule has 0 bridgehead atoms. The van der Waals surface area contributed by atoms with E-state index < -0.39 is 23.4 Å². The summed E-state index contributed by atoms with van der Waals surface area (Å²) < 4.78 is 26.7. The molecule has 1 saturated carbocycles. The molecule has 41 heavy (non-hydrogen) atoms. The number of alkyl halides is 2. The second kappa shape index (κ2) is 10.9. The predicted octanol–water partition coefficient (Wildman–Crippen LogP) is 5.40. The van der Waals surface area contributed by atoms with Crippen molar-refractivity contribution in [2.45, 2.75) is 43.6 Å². The van der Waals surface area contributed by atoms with Crippen LogP contribution in [0.4, 0.5) is 14.5 Å². The zero-order valence-electron chi connectivity index (χ0n) is 22.2. The molecule has 3 aromatic rings. The second-order valence-corrected chi connectivity index (χ2v) is 11.6. The number of halogens is 3. The Balaban J connectivity index is 1.09. The first-order valence-electron chi connectivity index (χ1n) is 13.8. The van der Waals surface area contributed by atoms with Crippen molar-refractivity contribution in [2.24, 2.45) is 5.92 Å². The first-order chi connectivity index (χ1) is 19.8. The van der Waals surface area contributed by atoms with Crippen LogP contribution in [0.2, 0.25) is 5.02 Å². The number of amides is 3. The number of carbonyl (C=O) groups excluding carboxylic acids is 3. The van der Waals surface area contributed by atoms with Gasteiger partial charge in [0.2, 0.25) is 5.91 Å². The molecule has 1 aromatic heterocycles. The molecule has 2 aromatic carbocycles. The number of aromatic nitrogens is 1. The Morgan fingerprint density at radius 3 is 2.41 bits per heavy atom. The summed E-state index contributed by atoms with van der Waals surface area (Å²) in [6, 6.07) is 18.0. The zero-order valence-corrected chi connectivity index (χ0v) is 23.0. The minimum absolute atomic E-state index is 0.0271. The maximum absolute atomic E-state index is 13.9. The van der Waals surface area contributed by atoms with Crippen LogP contribution in [0.1, 0.15) is 64.1 Å². The Labute approximate surface area is 241 Å². The summed E-state index contributed by atoms with van der Waals surface area (Å²) in [5, 5.41) is 2.99. The third-order valence-corrected chi connectivity index (χ3v) is 8.76. The summed E-state index contributed by atoms with van der Waals surface area (Å²) in [7, 11) is 0. The average molecular weight is 579 g/mol. The summed E-state index contributed by atoms with van der Waals surface area (Å²) in [6.07, 6.45) is 1.11. The van der Waals surface area contributed by atoms with Crippen LogP contribution >= 0.6 is 11.6 Å². The van der Waals surface area contributed by atoms with E-state index in [1.165, 1.54) is 6.07 Å². The van der Waals surface area contributed by atoms with E-state index >= 15 is 0 Å². The highest BCUT2D eigenvalue weighted by atomic mass is 35.5. The quantitative estimate of drug-likeness (QED) is 0.424. The molecule has 3 aliphatic rings. The SMILES string of the molecule is O=C(NC1CCC(CN2C(=O)C3(CN(C(=O)c4ccccc4)C3)c3ccccc32)CC1)c1cc(Cl)cnc1C(F)F. The van der Waals surface area contributed by atoms with E-state index in [0.717, 1.165) is 30.3 Å². The summed E-state index contributed by atoms with van der Waals surface area (Å²) in [5.41, 5.74) is 0.958. The highest BCUT2D eigenvalue weighted by molar-refractivity contribution is 6.30. The van der Waals surface area contributed by atoms with E-state index in [1.54, 1.807) is 17.0 Å². The zero-order chi connectivity index (χ0) is 28.7. The number of benzene rings is 2. The lowest BCUT2D eigenvalue weighted by Crippen LogP contribution is -2.65. The van der Waals surface area contributed by atoms with Gasteiger partial charge in [0.1, 0.15) is 11.1 Å². The van der Waals surface area contributed by atoms with Gasteiger partial charge in [-0.25, -0.2) is 8.78 Å². The van der Waals surface area contributed by atoms with Gasteiger partial charge in [0.25, 0.3) is 18.2 Å². The second-order valence-electron chi connectivity index (χ2n) is 11.1. The maximum Gasteiger partial charge on any atom is 0.281 e. The lowest BCUT2D eigenvalue weighted by atomic mass is 9.74. The predicted molar refractivity (Wildman–Crippen MR) is 150 cm³/mol. The number of carbonyl (C=O) groups is 3. The summed E-state index contributed by atoms with van der Waals surface area (Å²) in [5.74, 6) is -0.431. The Hall–Kier alpha value is -3.85. The van der Waals surface area contributed by atoms with Gasteiger partial charge in [-0.2, -0.15) is 0 Å². The molecule has 2 fully saturated rings. The van der Waals surface area contributed by atoms with E-state index in [1.807, 2.05) is 47.4 Å². The van der Waals surface area contributed by atoms with Crippen LogP contribution < -0.4 is 10.2 Å². The minimum Gasteiger partial charge on any atom is -0.349 e. The van der Waals surface area contributed by atoms with Crippen LogP contribution in [0.15, 0.2) is 66.9 Å². The molecule has 10 heteroatoms. The van der Waals surface area contributed by atoms with E-state index in [4.69, 9.17) is 11.6 Å². The molecule has 1 N–H and O–H groups in total. The number of anilines is 1. The maximum atomic E-state index is 13.9. The summed E-state index contributed by atoms with van der Waals surface area (Å²) >= 11 is 5.90. The van der Waals surface area contributed by atoms with Crippen molar-refractivity contribution in [1.29, 1.82) is 0 Å². The largest absolute Gasteiger partial charge is 0.349 e. The Kier molecular flexibility index (Phi) is 7.23. The van der Waals surface area contributed by atoms with Crippen molar-refractivity contribution >= 4 is 35.0 Å². The molecule has 7 nitrogen and oxygen atoms in total. The van der Waals surface area contributed by atoms with Crippen molar-refractivity contribution in [3.8, 4) is 0 Å². The standard InChI is InChI=1S/C31H29ClF2N4O3/c32-21-14-23(26(27(33)34)35-15-21)28(39)36-22-12-10-19(11-13-22)16-38-25-9-5-4-8-24(25)31(30(38)41)17-37(18-31)29(40)20-6-2-1-3-7-20/h1-9,14-15,19,22,27H,10-13,16-18H2,(H,36,39). The van der Waals surface area contributed by atoms with E-state index in [0.29, 0.717) is 38.0 Å². The molecule has 0 atom stereocenters. The van der Waals surface area contributed by atoms with Gasteiger partial charge < -0.3 is 15.1 Å². The molecule has 1 saturated heterocycles. The Morgan fingerprint density at radius 2 is 1.71 bits per heavy atom. The fourth-order valence-electron chi connectivity index (χ4n) is 6.41. The van der Waals surface area contributed by atoms with Gasteiger partial charge in [-0.1, -0.05) is 48.0 Å². The van der Waals surface area contributed by atoms with E-state index in [2.05, 4.69) is 10.3 Å². The van der Waals surface area contributed by atoms with Gasteiger partial charge >= 0.3 is 0 Å². The number of pyridine rings is 1. The molecule has 212 valence electrons. The number of likely N-dealkylation sites (tertiary alicyclic amines) is 1. The third kappa shape index (κ3) is 4.96. The van der Waals surface area contributed by atoms with Crippen LogP contribution in [0.5, 0.6) is 0 Å². The van der Waals surface area contributed by atoms with Gasteiger partial charge in [0.15, 0.2) is 0 Å². The highest BCUT2D eigenvalue weighted by Gasteiger charge is 2.59. The summed E-state index contributed by atoms with van der Waals surface area (Å²) in [4.78, 5) is 46.9. The number of nitrogens with one attached hydrogen (secondary N) is 1. The van der Waals surface area contributed by atoms with Gasteiger partial charge in [-0.3, -0.25) is 19.4 Å². The van der Waals surface area contributed by atoms with E-state index in [-0.39, 0.29) is 34.4 Å². The van der Waals surface area contributed by atoms with Crippen LogP contribution in [-0.2, 0) is 10.2 Å². The lowest BCUT2D eigenvalue weighted by molar-refractivity contribution is -0.128. The van der Waals surface area contributed by atoms with Gasteiger partial charge in [-0.05, 0) is 61.4 Å². The molecule has 1 aliphatic carbocycles. The molecular formula is C31H29ClF2N4O3. The van der Waals surface area contributed by atoms with E-state index in [9.17, 15) is 23.2 Å². The van der Waals surface area contributed by atoms with Gasteiger partial charge in [0.05, 0.1) is 10.6 Å². The third-order valence-electron chi connectivity index (χ3n) is 8.55. The average Bonchev–Trinajstić information content (AvgIpc) is 3.20. The normalized spacial score (nSPS) is 21.1. The summed E-state index contributed by atoms with van der Waals surface area (Å²) in [6.45, 7) is 1.26. The lowest BCUT2D eigenvalue weighted by Gasteiger charge is -2.47. The number of fused-ring (bicyclic) bond motifs is 2. The fourth-order valence-corrected chi connectivity index (χ4v) is 6.57. The number of nitrogens with zero attached hydrogens (tertiary/aromatic N) is 3. The highest BCUT2D eigenvalue weighted by Crippen LogP contribution is 2.48. The molecule has 3 heterocycles. The smallest absolute Gasteiger partial charge is 0.281 e. The molecule has 3 amide bonds. The van der Waals surface area contributed by atoms with Gasteiger partial charge in [0, 0.05) is 43.1 Å². The van der Waals surface area contributed by atoms with Crippen molar-refractivity contribution < 1.29 is 23.2 Å². The Morgan fingerprint density at radius 1 is 1.02 bits per heavy atom. The number of para-hydroxylation sites is 1. The Bertz CT molecular complexity index is 1490. The molecule has 1 spiro atoms. The molecular weight excluding hydrogens is 550 g/mol. The fraction of sp³-hybridized carbons (Fsp3) is 0.355. The van der Waals surface area contributed by atoms with Crippen molar-refractivity contribution in [1.82, 2.24) is 15.2 Å². The van der Waals surface area contributed by atoms with Crippen molar-refractivity contribution in [2.75, 3.05) is 24.5 Å². The van der Waals surface area contributed by atoms with Crippen LogP contribution in [0, 0.1) is 5.92 Å². The first-order valence-corrected chi connectivity index (χ1v) is 14.1. The minimum atomic E-state index is -2.88. The molecule has 0 unspecified atom stereocenters. The van der Waals surface area contributed by atoms with Crippen molar-refractivity contribution in [3.05, 3.63) is 94.3 Å². The van der Waals surface area contributed by atoms with Crippen LogP contribution in [-0.4, -0.2) is 53.3 Å². The monoisotopic (exact) mass is 578 g/mol. The van der Waals surface area contributed by atoms with Crippen LogP contribution in [0.25, 0.3) is 0 Å². The van der Waals surface area contributed by atoms with Crippen molar-refractivity contribution in [3.63, 3.8) is 0 Å². The molecule has 0 radical (unpaired) electrons. The molecule has 2 aliphatic heterocycles. The topological polar surface area (TPSA) is 82.6 Å². The molecule has 6 rings (SSSR count). The van der Waals surface area contributed by atoms with Crippen LogP contribution in [0.3, 0.4) is 0 Å². The number of rotatable bonds is 6. The number of hydrogen-bond acceptors (Lipinski definition) is 4. The number of hydrogen-bond donors (Lipinski definition) is 1.